The smallest absolute Gasteiger partial charge is 0.0490 e. The molecule has 0 aliphatic carbocycles. The van der Waals surface area contributed by atoms with E-state index in [1.165, 1.54) is 50.2 Å². The largest absolute Gasteiger partial charge is 0.303 e. The van der Waals surface area contributed by atoms with Gasteiger partial charge < -0.3 is 4.90 Å². The predicted octanol–water partition coefficient (Wildman–Crippen LogP) is 3.78. The van der Waals surface area contributed by atoms with E-state index in [0.717, 1.165) is 0 Å². The molecule has 1 fully saturated rings. The fraction of sp³-hybridized carbons (Fsp3) is 0.500. The maximum Gasteiger partial charge on any atom is 0.0490 e. The maximum absolute atomic E-state index is 4.07. The van der Waals surface area contributed by atoms with E-state index in [1.807, 2.05) is 6.20 Å². The summed E-state index contributed by atoms with van der Waals surface area (Å²) in [4.78, 5) is 2.62. The van der Waals surface area contributed by atoms with Crippen molar-refractivity contribution in [3.8, 4) is 0 Å². The summed E-state index contributed by atoms with van der Waals surface area (Å²) in [6, 6.07) is 13.0. The molecular weight excluding hydrogens is 258 g/mol. The molecule has 1 saturated heterocycles. The summed E-state index contributed by atoms with van der Waals surface area (Å²) in [6.07, 6.45) is 5.62. The monoisotopic (exact) mass is 283 g/mol. The third-order valence-corrected chi connectivity index (χ3v) is 4.80. The summed E-state index contributed by atoms with van der Waals surface area (Å²) in [5.41, 5.74) is 2.78. The van der Waals surface area contributed by atoms with Crippen molar-refractivity contribution in [1.29, 1.82) is 0 Å². The van der Waals surface area contributed by atoms with Crippen molar-refractivity contribution in [2.24, 2.45) is 0 Å². The summed E-state index contributed by atoms with van der Waals surface area (Å²) in [7, 11) is 0. The molecule has 2 heterocycles. The minimum absolute atomic E-state index is 0.650. The number of aromatic nitrogens is 2. The van der Waals surface area contributed by atoms with E-state index in [2.05, 4.69) is 58.4 Å². The first-order valence-corrected chi connectivity index (χ1v) is 8.09. The minimum Gasteiger partial charge on any atom is -0.303 e. The van der Waals surface area contributed by atoms with E-state index >= 15 is 0 Å². The third-order valence-electron chi connectivity index (χ3n) is 4.80. The number of benzene rings is 1. The molecule has 0 unspecified atom stereocenters. The molecule has 21 heavy (non-hydrogen) atoms. The van der Waals surface area contributed by atoms with E-state index in [-0.39, 0.29) is 0 Å². The molecule has 3 heteroatoms. The van der Waals surface area contributed by atoms with Gasteiger partial charge >= 0.3 is 0 Å². The number of piperidine rings is 1. The van der Waals surface area contributed by atoms with Crippen LogP contribution >= 0.6 is 0 Å². The van der Waals surface area contributed by atoms with E-state index in [4.69, 9.17) is 0 Å². The van der Waals surface area contributed by atoms with Crippen molar-refractivity contribution >= 4 is 0 Å². The number of hydrogen-bond acceptors (Lipinski definition) is 2. The maximum atomic E-state index is 4.07. The number of rotatable bonds is 5. The summed E-state index contributed by atoms with van der Waals surface area (Å²) in [6.45, 7) is 5.98. The van der Waals surface area contributed by atoms with Crippen molar-refractivity contribution in [2.45, 2.75) is 38.0 Å². The summed E-state index contributed by atoms with van der Waals surface area (Å²) in [5, 5.41) is 7.20. The molecule has 1 aromatic carbocycles. The van der Waals surface area contributed by atoms with Crippen LogP contribution in [-0.4, -0.2) is 34.7 Å². The van der Waals surface area contributed by atoms with Gasteiger partial charge in [0.25, 0.3) is 0 Å². The number of nitrogens with zero attached hydrogens (tertiary/aromatic N) is 2. The van der Waals surface area contributed by atoms with Gasteiger partial charge in [-0.3, -0.25) is 5.10 Å². The molecule has 0 saturated carbocycles. The van der Waals surface area contributed by atoms with Crippen LogP contribution in [0.4, 0.5) is 0 Å². The summed E-state index contributed by atoms with van der Waals surface area (Å²) < 4.78 is 0. The second kappa shape index (κ2) is 6.90. The molecule has 1 aliphatic rings. The van der Waals surface area contributed by atoms with Crippen LogP contribution in [0, 0.1) is 0 Å². The lowest BCUT2D eigenvalue weighted by Gasteiger charge is -2.32. The van der Waals surface area contributed by atoms with Crippen LogP contribution in [0.2, 0.25) is 0 Å². The zero-order chi connectivity index (χ0) is 14.5. The van der Waals surface area contributed by atoms with Crippen molar-refractivity contribution in [3.63, 3.8) is 0 Å². The van der Waals surface area contributed by atoms with Gasteiger partial charge in [0.1, 0.15) is 0 Å². The molecule has 0 radical (unpaired) electrons. The molecular formula is C18H25N3. The average molecular weight is 283 g/mol. The molecule has 1 aliphatic heterocycles. The SMILES string of the molecule is C[C@H](CCN1CCC(c2ccn[nH]2)CC1)c1ccccc1. The quantitative estimate of drug-likeness (QED) is 0.905. The van der Waals surface area contributed by atoms with Crippen LogP contribution in [0.1, 0.15) is 49.3 Å². The van der Waals surface area contributed by atoms with Crippen LogP contribution < -0.4 is 0 Å². The van der Waals surface area contributed by atoms with Gasteiger partial charge in [-0.25, -0.2) is 0 Å². The van der Waals surface area contributed by atoms with Gasteiger partial charge in [0.15, 0.2) is 0 Å². The predicted molar refractivity (Wildman–Crippen MR) is 86.5 cm³/mol. The fourth-order valence-corrected chi connectivity index (χ4v) is 3.29. The zero-order valence-corrected chi connectivity index (χ0v) is 12.8. The lowest BCUT2D eigenvalue weighted by Crippen LogP contribution is -2.34. The van der Waals surface area contributed by atoms with Gasteiger partial charge in [0.05, 0.1) is 0 Å². The highest BCUT2D eigenvalue weighted by Gasteiger charge is 2.21. The van der Waals surface area contributed by atoms with E-state index < -0.39 is 0 Å². The van der Waals surface area contributed by atoms with Crippen LogP contribution in [0.5, 0.6) is 0 Å². The number of hydrogen-bond donors (Lipinski definition) is 1. The van der Waals surface area contributed by atoms with E-state index in [9.17, 15) is 0 Å². The normalized spacial score (nSPS) is 18.7. The Bertz CT molecular complexity index is 513. The fourth-order valence-electron chi connectivity index (χ4n) is 3.29. The number of aromatic amines is 1. The molecule has 1 atom stereocenters. The molecule has 0 spiro atoms. The minimum atomic E-state index is 0.650. The van der Waals surface area contributed by atoms with Gasteiger partial charge in [-0.05, 0) is 56.4 Å². The standard InChI is InChI=1S/C18H25N3/c1-15(16-5-3-2-4-6-16)8-12-21-13-9-17(10-14-21)18-7-11-19-20-18/h2-7,11,15,17H,8-10,12-14H2,1H3,(H,19,20)/t15-/m1/s1. The topological polar surface area (TPSA) is 31.9 Å². The third kappa shape index (κ3) is 3.73. The molecule has 1 N–H and O–H groups in total. The molecule has 3 nitrogen and oxygen atoms in total. The van der Waals surface area contributed by atoms with Crippen LogP contribution in [0.25, 0.3) is 0 Å². The first-order valence-electron chi connectivity index (χ1n) is 8.09. The Labute approximate surface area is 127 Å². The molecule has 112 valence electrons. The van der Waals surface area contributed by atoms with Crippen LogP contribution in [0.3, 0.4) is 0 Å². The molecule has 3 rings (SSSR count). The molecule has 2 aromatic rings. The van der Waals surface area contributed by atoms with Gasteiger partial charge in [-0.2, -0.15) is 5.10 Å². The zero-order valence-electron chi connectivity index (χ0n) is 12.8. The second-order valence-electron chi connectivity index (χ2n) is 6.23. The number of H-pyrrole nitrogens is 1. The summed E-state index contributed by atoms with van der Waals surface area (Å²) >= 11 is 0. The number of likely N-dealkylation sites (tertiary alicyclic amines) is 1. The Morgan fingerprint density at radius 2 is 1.95 bits per heavy atom. The Morgan fingerprint density at radius 1 is 1.19 bits per heavy atom. The second-order valence-corrected chi connectivity index (χ2v) is 6.23. The first-order chi connectivity index (χ1) is 10.3. The van der Waals surface area contributed by atoms with Crippen molar-refractivity contribution in [3.05, 3.63) is 53.9 Å². The number of nitrogens with one attached hydrogen (secondary N) is 1. The van der Waals surface area contributed by atoms with Gasteiger partial charge in [0.2, 0.25) is 0 Å². The van der Waals surface area contributed by atoms with Crippen molar-refractivity contribution in [2.75, 3.05) is 19.6 Å². The van der Waals surface area contributed by atoms with Gasteiger partial charge in [-0.15, -0.1) is 0 Å². The Kier molecular flexibility index (Phi) is 4.71. The Morgan fingerprint density at radius 3 is 2.62 bits per heavy atom. The van der Waals surface area contributed by atoms with Crippen LogP contribution in [-0.2, 0) is 0 Å². The Balaban J connectivity index is 1.43. The van der Waals surface area contributed by atoms with Gasteiger partial charge in [0, 0.05) is 17.8 Å². The highest BCUT2D eigenvalue weighted by Crippen LogP contribution is 2.27. The highest BCUT2D eigenvalue weighted by molar-refractivity contribution is 5.18. The molecule has 1 aromatic heterocycles. The van der Waals surface area contributed by atoms with Crippen molar-refractivity contribution in [1.82, 2.24) is 15.1 Å². The van der Waals surface area contributed by atoms with Crippen LogP contribution in [0.15, 0.2) is 42.6 Å². The van der Waals surface area contributed by atoms with Crippen molar-refractivity contribution < 1.29 is 0 Å². The van der Waals surface area contributed by atoms with Gasteiger partial charge in [-0.1, -0.05) is 37.3 Å². The highest BCUT2D eigenvalue weighted by atomic mass is 15.1. The Hall–Kier alpha value is -1.61. The summed E-state index contributed by atoms with van der Waals surface area (Å²) in [5.74, 6) is 1.33. The van der Waals surface area contributed by atoms with E-state index in [1.54, 1.807) is 0 Å². The molecule has 0 bridgehead atoms. The molecule has 0 amide bonds. The lowest BCUT2D eigenvalue weighted by atomic mass is 9.92. The first kappa shape index (κ1) is 14.3. The van der Waals surface area contributed by atoms with E-state index in [0.29, 0.717) is 11.8 Å². The average Bonchev–Trinajstić information content (AvgIpc) is 3.08. The lowest BCUT2D eigenvalue weighted by molar-refractivity contribution is 0.205.